The standard InChI is InChI=1S/C14H25NO3/c1-2-3-4-5-6-7-8-9-12-18-14(17)11-10-13(15)16/h10-11H,2-9,12H2,1H3,(H2,15,16)/b11-10-. The molecule has 4 nitrogen and oxygen atoms in total. The van der Waals surface area contributed by atoms with Crippen molar-refractivity contribution in [3.63, 3.8) is 0 Å². The molecule has 0 aliphatic carbocycles. The van der Waals surface area contributed by atoms with Gasteiger partial charge in [-0.25, -0.2) is 4.79 Å². The number of amides is 1. The highest BCUT2D eigenvalue weighted by Gasteiger charge is 1.97. The number of ether oxygens (including phenoxy) is 1. The van der Waals surface area contributed by atoms with Crippen LogP contribution in [0.4, 0.5) is 0 Å². The predicted molar refractivity (Wildman–Crippen MR) is 71.9 cm³/mol. The van der Waals surface area contributed by atoms with Crippen molar-refractivity contribution in [2.75, 3.05) is 6.61 Å². The Morgan fingerprint density at radius 3 is 2.06 bits per heavy atom. The van der Waals surface area contributed by atoms with Gasteiger partial charge >= 0.3 is 5.97 Å². The minimum Gasteiger partial charge on any atom is -0.463 e. The van der Waals surface area contributed by atoms with Gasteiger partial charge in [0.05, 0.1) is 6.61 Å². The van der Waals surface area contributed by atoms with Gasteiger partial charge in [-0.2, -0.15) is 0 Å². The molecule has 0 aromatic heterocycles. The summed E-state index contributed by atoms with van der Waals surface area (Å²) in [4.78, 5) is 21.4. The molecular weight excluding hydrogens is 230 g/mol. The van der Waals surface area contributed by atoms with Crippen LogP contribution in [0.5, 0.6) is 0 Å². The fourth-order valence-electron chi connectivity index (χ4n) is 1.61. The average Bonchev–Trinajstić information content (AvgIpc) is 2.34. The zero-order valence-electron chi connectivity index (χ0n) is 11.3. The monoisotopic (exact) mass is 255 g/mol. The van der Waals surface area contributed by atoms with Gasteiger partial charge in [0.2, 0.25) is 5.91 Å². The molecule has 0 heterocycles. The molecule has 18 heavy (non-hydrogen) atoms. The van der Waals surface area contributed by atoms with Crippen LogP contribution in [0, 0.1) is 0 Å². The molecule has 104 valence electrons. The SMILES string of the molecule is CCCCCCCCCCOC(=O)/C=C\C(N)=O. The van der Waals surface area contributed by atoms with Gasteiger partial charge in [0.15, 0.2) is 0 Å². The van der Waals surface area contributed by atoms with Crippen LogP contribution in [0.15, 0.2) is 12.2 Å². The van der Waals surface area contributed by atoms with Crippen molar-refractivity contribution in [2.45, 2.75) is 58.3 Å². The van der Waals surface area contributed by atoms with Gasteiger partial charge in [-0.1, -0.05) is 51.9 Å². The molecule has 0 aliphatic heterocycles. The van der Waals surface area contributed by atoms with Crippen molar-refractivity contribution in [3.05, 3.63) is 12.2 Å². The molecule has 0 atom stereocenters. The van der Waals surface area contributed by atoms with Gasteiger partial charge < -0.3 is 10.5 Å². The molecule has 0 fully saturated rings. The number of rotatable bonds is 11. The highest BCUT2D eigenvalue weighted by molar-refractivity contribution is 5.93. The van der Waals surface area contributed by atoms with E-state index in [1.165, 1.54) is 38.5 Å². The van der Waals surface area contributed by atoms with Crippen LogP contribution in [-0.4, -0.2) is 18.5 Å². The second-order valence-electron chi connectivity index (χ2n) is 4.38. The van der Waals surface area contributed by atoms with Crippen molar-refractivity contribution < 1.29 is 14.3 Å². The largest absolute Gasteiger partial charge is 0.463 e. The topological polar surface area (TPSA) is 69.4 Å². The number of hydrogen-bond donors (Lipinski definition) is 1. The van der Waals surface area contributed by atoms with Crippen molar-refractivity contribution in [1.82, 2.24) is 0 Å². The lowest BCUT2D eigenvalue weighted by Crippen LogP contribution is -2.08. The maximum Gasteiger partial charge on any atom is 0.330 e. The fraction of sp³-hybridized carbons (Fsp3) is 0.714. The Bertz CT molecular complexity index is 262. The molecule has 0 aliphatic rings. The molecule has 0 saturated carbocycles. The molecule has 0 spiro atoms. The number of hydrogen-bond acceptors (Lipinski definition) is 3. The van der Waals surface area contributed by atoms with Gasteiger partial charge in [-0.3, -0.25) is 4.79 Å². The lowest BCUT2D eigenvalue weighted by atomic mass is 10.1. The highest BCUT2D eigenvalue weighted by atomic mass is 16.5. The molecule has 0 rings (SSSR count). The zero-order valence-corrected chi connectivity index (χ0v) is 11.3. The van der Waals surface area contributed by atoms with E-state index in [1.807, 2.05) is 0 Å². The molecule has 0 saturated heterocycles. The molecular formula is C14H25NO3. The molecule has 0 aromatic rings. The van der Waals surface area contributed by atoms with Crippen molar-refractivity contribution >= 4 is 11.9 Å². The van der Waals surface area contributed by atoms with Gasteiger partial charge in [-0.05, 0) is 6.42 Å². The number of primary amides is 1. The Balaban J connectivity index is 3.25. The van der Waals surface area contributed by atoms with Crippen LogP contribution in [0.3, 0.4) is 0 Å². The third-order valence-corrected chi connectivity index (χ3v) is 2.63. The summed E-state index contributed by atoms with van der Waals surface area (Å²) in [6, 6.07) is 0. The van der Waals surface area contributed by atoms with E-state index in [-0.39, 0.29) is 0 Å². The summed E-state index contributed by atoms with van der Waals surface area (Å²) in [7, 11) is 0. The van der Waals surface area contributed by atoms with Crippen molar-refractivity contribution in [3.8, 4) is 0 Å². The van der Waals surface area contributed by atoms with Gasteiger partial charge in [0.1, 0.15) is 0 Å². The smallest absolute Gasteiger partial charge is 0.330 e. The summed E-state index contributed by atoms with van der Waals surface area (Å²) in [5.41, 5.74) is 4.85. The maximum absolute atomic E-state index is 11.0. The summed E-state index contributed by atoms with van der Waals surface area (Å²) in [5.74, 6) is -1.14. The van der Waals surface area contributed by atoms with Crippen LogP contribution in [-0.2, 0) is 14.3 Å². The fourth-order valence-corrected chi connectivity index (χ4v) is 1.61. The Labute approximate surface area is 110 Å². The van der Waals surface area contributed by atoms with E-state index < -0.39 is 11.9 Å². The Morgan fingerprint density at radius 2 is 1.50 bits per heavy atom. The third-order valence-electron chi connectivity index (χ3n) is 2.63. The summed E-state index contributed by atoms with van der Waals surface area (Å²) in [6.07, 6.45) is 11.7. The number of carbonyl (C=O) groups excluding carboxylic acids is 2. The second-order valence-corrected chi connectivity index (χ2v) is 4.38. The molecule has 4 heteroatoms. The van der Waals surface area contributed by atoms with Gasteiger partial charge in [0, 0.05) is 12.2 Å². The number of nitrogens with two attached hydrogens (primary N) is 1. The van der Waals surface area contributed by atoms with Gasteiger partial charge in [0.25, 0.3) is 0 Å². The summed E-state index contributed by atoms with van der Waals surface area (Å²) < 4.78 is 4.90. The minimum absolute atomic E-state index is 0.414. The third kappa shape index (κ3) is 12.7. The van der Waals surface area contributed by atoms with Crippen molar-refractivity contribution in [1.29, 1.82) is 0 Å². The predicted octanol–water partition coefficient (Wildman–Crippen LogP) is 2.71. The van der Waals surface area contributed by atoms with E-state index in [4.69, 9.17) is 10.5 Å². The average molecular weight is 255 g/mol. The molecule has 0 aromatic carbocycles. The first-order chi connectivity index (χ1) is 8.66. The van der Waals surface area contributed by atoms with Crippen LogP contribution in [0.25, 0.3) is 0 Å². The number of carbonyl (C=O) groups is 2. The Hall–Kier alpha value is -1.32. The van der Waals surface area contributed by atoms with E-state index in [2.05, 4.69) is 6.92 Å². The first kappa shape index (κ1) is 16.7. The molecule has 0 unspecified atom stereocenters. The second kappa shape index (κ2) is 12.1. The van der Waals surface area contributed by atoms with E-state index in [0.717, 1.165) is 25.0 Å². The number of esters is 1. The summed E-state index contributed by atoms with van der Waals surface area (Å²) in [5, 5.41) is 0. The summed E-state index contributed by atoms with van der Waals surface area (Å²) in [6.45, 7) is 2.62. The first-order valence-electron chi connectivity index (χ1n) is 6.81. The first-order valence-corrected chi connectivity index (χ1v) is 6.81. The van der Waals surface area contributed by atoms with Crippen LogP contribution in [0.2, 0.25) is 0 Å². The van der Waals surface area contributed by atoms with Crippen molar-refractivity contribution in [2.24, 2.45) is 5.73 Å². The van der Waals surface area contributed by atoms with E-state index in [1.54, 1.807) is 0 Å². The Morgan fingerprint density at radius 1 is 0.944 bits per heavy atom. The lowest BCUT2D eigenvalue weighted by molar-refractivity contribution is -0.138. The van der Waals surface area contributed by atoms with E-state index >= 15 is 0 Å². The van der Waals surface area contributed by atoms with Crippen LogP contribution in [0.1, 0.15) is 58.3 Å². The quantitative estimate of drug-likeness (QED) is 0.350. The van der Waals surface area contributed by atoms with Crippen LogP contribution < -0.4 is 5.73 Å². The summed E-state index contributed by atoms with van der Waals surface area (Å²) >= 11 is 0. The van der Waals surface area contributed by atoms with Gasteiger partial charge in [-0.15, -0.1) is 0 Å². The zero-order chi connectivity index (χ0) is 13.6. The normalized spacial score (nSPS) is 10.7. The minimum atomic E-state index is -0.640. The van der Waals surface area contributed by atoms with E-state index in [9.17, 15) is 9.59 Å². The molecule has 2 N–H and O–H groups in total. The molecule has 1 amide bonds. The molecule has 0 bridgehead atoms. The molecule has 0 radical (unpaired) electrons. The lowest BCUT2D eigenvalue weighted by Gasteiger charge is -2.02. The number of unbranched alkanes of at least 4 members (excludes halogenated alkanes) is 7. The van der Waals surface area contributed by atoms with Crippen LogP contribution >= 0.6 is 0 Å². The highest BCUT2D eigenvalue weighted by Crippen LogP contribution is 2.08. The Kier molecular flexibility index (Phi) is 11.3. The van der Waals surface area contributed by atoms with E-state index in [0.29, 0.717) is 6.61 Å². The maximum atomic E-state index is 11.0.